The molecule has 0 rings (SSSR count). The summed E-state index contributed by atoms with van der Waals surface area (Å²) in [4.78, 5) is 14.9. The number of hydrogen-bond donors (Lipinski definition) is 1. The summed E-state index contributed by atoms with van der Waals surface area (Å²) in [6.45, 7) is 14.5. The highest BCUT2D eigenvalue weighted by molar-refractivity contribution is 6.74. The van der Waals surface area contributed by atoms with Crippen LogP contribution < -0.4 is 4.98 Å². The van der Waals surface area contributed by atoms with Gasteiger partial charge >= 0.3 is 5.97 Å². The Labute approximate surface area is 89.4 Å². The molecule has 0 aliphatic heterocycles. The minimum absolute atomic E-state index is 0.105. The van der Waals surface area contributed by atoms with Crippen LogP contribution in [0.2, 0.25) is 39.3 Å². The van der Waals surface area contributed by atoms with E-state index in [2.05, 4.69) is 24.6 Å². The molecular weight excluding hydrogens is 210 g/mol. The number of rotatable bonds is 4. The molecule has 0 aliphatic rings. The Morgan fingerprint density at radius 3 is 1.86 bits per heavy atom. The molecule has 0 amide bonds. The first-order valence-electron chi connectivity index (χ1n) is 5.02. The monoisotopic (exact) mass is 233 g/mol. The molecule has 0 heterocycles. The van der Waals surface area contributed by atoms with Crippen LogP contribution in [0.3, 0.4) is 0 Å². The van der Waals surface area contributed by atoms with Crippen LogP contribution in [0.1, 0.15) is 6.92 Å². The summed E-state index contributed by atoms with van der Waals surface area (Å²) in [7, 11) is -3.13. The van der Waals surface area contributed by atoms with Crippen molar-refractivity contribution in [1.82, 2.24) is 4.98 Å². The molecule has 0 saturated heterocycles. The highest BCUT2D eigenvalue weighted by atomic mass is 28.4. The first-order chi connectivity index (χ1) is 6.01. The molecule has 0 aromatic carbocycles. The van der Waals surface area contributed by atoms with E-state index in [9.17, 15) is 4.79 Å². The Bertz CT molecular complexity index is 206. The lowest BCUT2D eigenvalue weighted by Crippen LogP contribution is -2.51. The third-order valence-electron chi connectivity index (χ3n) is 1.41. The van der Waals surface area contributed by atoms with Gasteiger partial charge in [0.05, 0.1) is 6.04 Å². The summed E-state index contributed by atoms with van der Waals surface area (Å²) in [6, 6.07) is -0.173. The molecule has 0 fully saturated rings. The second-order valence-electron chi connectivity index (χ2n) is 5.65. The van der Waals surface area contributed by atoms with Gasteiger partial charge in [-0.05, 0) is 26.6 Å². The Hall–Kier alpha value is -0.136. The van der Waals surface area contributed by atoms with Crippen molar-refractivity contribution >= 4 is 22.5 Å². The van der Waals surface area contributed by atoms with Gasteiger partial charge in [0, 0.05) is 0 Å². The molecule has 1 N–H and O–H groups in total. The summed E-state index contributed by atoms with van der Waals surface area (Å²) in [5, 5.41) is 0. The van der Waals surface area contributed by atoms with Crippen molar-refractivity contribution in [3.05, 3.63) is 0 Å². The third-order valence-corrected chi connectivity index (χ3v) is 3.52. The van der Waals surface area contributed by atoms with Crippen LogP contribution in [0.15, 0.2) is 0 Å². The first-order valence-corrected chi connectivity index (χ1v) is 11.9. The quantitative estimate of drug-likeness (QED) is 0.756. The highest BCUT2D eigenvalue weighted by Gasteiger charge is 2.26. The largest absolute Gasteiger partial charge is 0.519 e. The molecule has 0 bridgehead atoms. The molecule has 0 radical (unpaired) electrons. The van der Waals surface area contributed by atoms with Gasteiger partial charge in [-0.1, -0.05) is 19.6 Å². The zero-order valence-corrected chi connectivity index (χ0v) is 12.4. The van der Waals surface area contributed by atoms with Crippen molar-refractivity contribution in [2.75, 3.05) is 0 Å². The van der Waals surface area contributed by atoms with Gasteiger partial charge in [0.2, 0.25) is 8.32 Å². The smallest absolute Gasteiger partial charge is 0.308 e. The van der Waals surface area contributed by atoms with Crippen LogP contribution in [0.25, 0.3) is 0 Å². The van der Waals surface area contributed by atoms with Gasteiger partial charge in [0.1, 0.15) is 8.24 Å². The van der Waals surface area contributed by atoms with Crippen LogP contribution in [0.4, 0.5) is 0 Å². The zero-order valence-electron chi connectivity index (χ0n) is 10.4. The standard InChI is InChI=1S/C9H23NO2Si2/c1-8(10-13(2,3)4)9(11)12-14(5,6)7/h8,10H,1-7H3. The SMILES string of the molecule is CC(N[Si](C)(C)C)C(=O)O[Si](C)(C)C. The van der Waals surface area contributed by atoms with E-state index in [0.717, 1.165) is 0 Å². The second kappa shape index (κ2) is 4.59. The fraction of sp³-hybridized carbons (Fsp3) is 0.889. The maximum atomic E-state index is 11.6. The molecule has 0 aromatic heterocycles. The molecule has 0 aliphatic carbocycles. The maximum absolute atomic E-state index is 11.6. The van der Waals surface area contributed by atoms with Crippen molar-refractivity contribution in [2.24, 2.45) is 0 Å². The van der Waals surface area contributed by atoms with Gasteiger partial charge in [-0.25, -0.2) is 0 Å². The van der Waals surface area contributed by atoms with Gasteiger partial charge in [-0.3, -0.25) is 4.79 Å². The molecule has 1 atom stereocenters. The molecule has 0 saturated carbocycles. The summed E-state index contributed by atoms with van der Waals surface area (Å²) < 4.78 is 5.41. The molecule has 5 heteroatoms. The van der Waals surface area contributed by atoms with Crippen LogP contribution in [-0.4, -0.2) is 28.6 Å². The predicted molar refractivity (Wildman–Crippen MR) is 65.4 cm³/mol. The molecule has 3 nitrogen and oxygen atoms in total. The van der Waals surface area contributed by atoms with E-state index >= 15 is 0 Å². The Balaban J connectivity index is 4.15. The highest BCUT2D eigenvalue weighted by Crippen LogP contribution is 2.06. The van der Waals surface area contributed by atoms with E-state index in [1.54, 1.807) is 0 Å². The number of hydrogen-bond acceptors (Lipinski definition) is 3. The minimum atomic E-state index is -1.73. The van der Waals surface area contributed by atoms with Crippen LogP contribution in [0, 0.1) is 0 Å². The molecule has 84 valence electrons. The van der Waals surface area contributed by atoms with E-state index in [0.29, 0.717) is 0 Å². The Morgan fingerprint density at radius 1 is 1.14 bits per heavy atom. The summed E-state index contributed by atoms with van der Waals surface area (Å²) in [5.41, 5.74) is 0. The molecule has 14 heavy (non-hydrogen) atoms. The average Bonchev–Trinajstić information content (AvgIpc) is 1.78. The van der Waals surface area contributed by atoms with Gasteiger partial charge in [-0.15, -0.1) is 0 Å². The lowest BCUT2D eigenvalue weighted by Gasteiger charge is -2.26. The van der Waals surface area contributed by atoms with Crippen molar-refractivity contribution in [2.45, 2.75) is 52.2 Å². The number of carbonyl (C=O) groups excluding carboxylic acids is 1. The summed E-state index contributed by atoms with van der Waals surface area (Å²) in [5.74, 6) is -0.105. The van der Waals surface area contributed by atoms with Crippen molar-refractivity contribution < 1.29 is 9.22 Å². The van der Waals surface area contributed by atoms with E-state index in [4.69, 9.17) is 4.43 Å². The van der Waals surface area contributed by atoms with E-state index in [1.165, 1.54) is 0 Å². The Morgan fingerprint density at radius 2 is 1.57 bits per heavy atom. The molecular formula is C9H23NO2Si2. The van der Waals surface area contributed by atoms with E-state index in [-0.39, 0.29) is 12.0 Å². The van der Waals surface area contributed by atoms with Crippen molar-refractivity contribution in [3.63, 3.8) is 0 Å². The van der Waals surface area contributed by atoms with Gasteiger partial charge in [-0.2, -0.15) is 0 Å². The molecule has 1 unspecified atom stereocenters. The van der Waals surface area contributed by atoms with Gasteiger partial charge < -0.3 is 9.41 Å². The zero-order chi connectivity index (χ0) is 11.6. The third kappa shape index (κ3) is 7.28. The van der Waals surface area contributed by atoms with Crippen LogP contribution in [0.5, 0.6) is 0 Å². The maximum Gasteiger partial charge on any atom is 0.308 e. The summed E-state index contributed by atoms with van der Waals surface area (Å²) >= 11 is 0. The van der Waals surface area contributed by atoms with Crippen molar-refractivity contribution in [1.29, 1.82) is 0 Å². The number of nitrogens with one attached hydrogen (secondary N) is 1. The number of carbonyl (C=O) groups is 1. The summed E-state index contributed by atoms with van der Waals surface area (Å²) in [6.07, 6.45) is 0. The van der Waals surface area contributed by atoms with Gasteiger partial charge in [0.15, 0.2) is 0 Å². The fourth-order valence-corrected chi connectivity index (χ4v) is 3.30. The van der Waals surface area contributed by atoms with Crippen LogP contribution >= 0.6 is 0 Å². The van der Waals surface area contributed by atoms with Gasteiger partial charge in [0.25, 0.3) is 0 Å². The lowest BCUT2D eigenvalue weighted by molar-refractivity contribution is -0.136. The first kappa shape index (κ1) is 13.9. The lowest BCUT2D eigenvalue weighted by atomic mass is 10.4. The van der Waals surface area contributed by atoms with Crippen LogP contribution in [-0.2, 0) is 9.22 Å². The predicted octanol–water partition coefficient (Wildman–Crippen LogP) is 2.18. The Kier molecular flexibility index (Phi) is 4.54. The normalized spacial score (nSPS) is 15.1. The topological polar surface area (TPSA) is 38.3 Å². The van der Waals surface area contributed by atoms with Crippen molar-refractivity contribution in [3.8, 4) is 0 Å². The van der Waals surface area contributed by atoms with E-state index < -0.39 is 16.6 Å². The van der Waals surface area contributed by atoms with E-state index in [1.807, 2.05) is 26.6 Å². The second-order valence-corrected chi connectivity index (χ2v) is 14.9. The minimum Gasteiger partial charge on any atom is -0.519 e. The fourth-order valence-electron chi connectivity index (χ4n) is 1.10. The molecule has 0 spiro atoms. The average molecular weight is 233 g/mol. The molecule has 0 aromatic rings.